The molecule has 0 radical (unpaired) electrons. The van der Waals surface area contributed by atoms with Gasteiger partial charge in [0.15, 0.2) is 0 Å². The summed E-state index contributed by atoms with van der Waals surface area (Å²) < 4.78 is 5.47. The van der Waals surface area contributed by atoms with Gasteiger partial charge in [-0.2, -0.15) is 0 Å². The van der Waals surface area contributed by atoms with E-state index in [1.165, 1.54) is 12.8 Å². The molecule has 1 heterocycles. The number of rotatable bonds is 4. The molecule has 0 unspecified atom stereocenters. The van der Waals surface area contributed by atoms with Crippen LogP contribution in [0.2, 0.25) is 0 Å². The van der Waals surface area contributed by atoms with Crippen LogP contribution < -0.4 is 5.32 Å². The van der Waals surface area contributed by atoms with E-state index in [1.54, 1.807) is 0 Å². The van der Waals surface area contributed by atoms with Gasteiger partial charge in [-0.15, -0.1) is 0 Å². The first-order valence-corrected chi connectivity index (χ1v) is 4.61. The van der Waals surface area contributed by atoms with E-state index in [4.69, 9.17) is 4.74 Å². The minimum atomic E-state index is 0.494. The average Bonchev–Trinajstić information content (AvgIpc) is 2.39. The minimum absolute atomic E-state index is 0.494. The molecule has 0 saturated carbocycles. The van der Waals surface area contributed by atoms with Gasteiger partial charge < -0.3 is 10.1 Å². The molecule has 0 aromatic carbocycles. The molecule has 0 aromatic rings. The predicted molar refractivity (Wildman–Crippen MR) is 46.7 cm³/mol. The highest BCUT2D eigenvalue weighted by molar-refractivity contribution is 4.67. The third-order valence-corrected chi connectivity index (χ3v) is 1.95. The van der Waals surface area contributed by atoms with Crippen molar-refractivity contribution in [2.24, 2.45) is 5.92 Å². The van der Waals surface area contributed by atoms with Crippen LogP contribution in [-0.4, -0.2) is 25.8 Å². The van der Waals surface area contributed by atoms with Crippen LogP contribution in [-0.2, 0) is 4.74 Å². The molecule has 1 rings (SSSR count). The van der Waals surface area contributed by atoms with E-state index in [2.05, 4.69) is 19.2 Å². The summed E-state index contributed by atoms with van der Waals surface area (Å²) in [5.74, 6) is 0.747. The van der Waals surface area contributed by atoms with Gasteiger partial charge in [-0.25, -0.2) is 0 Å². The lowest BCUT2D eigenvalue weighted by Crippen LogP contribution is -2.29. The summed E-state index contributed by atoms with van der Waals surface area (Å²) in [7, 11) is 0. The van der Waals surface area contributed by atoms with Gasteiger partial charge in [-0.05, 0) is 25.3 Å². The molecule has 0 amide bonds. The maximum absolute atomic E-state index is 5.47. The lowest BCUT2D eigenvalue weighted by molar-refractivity contribution is 0.109. The monoisotopic (exact) mass is 157 g/mol. The summed E-state index contributed by atoms with van der Waals surface area (Å²) in [6, 6.07) is 0. The summed E-state index contributed by atoms with van der Waals surface area (Å²) in [6.07, 6.45) is 2.98. The van der Waals surface area contributed by atoms with Crippen molar-refractivity contribution in [3.05, 3.63) is 0 Å². The smallest absolute Gasteiger partial charge is 0.0700 e. The molecule has 0 bridgehead atoms. The standard InChI is InChI=1S/C9H19NO/c1-8(2)6-10-7-9-4-3-5-11-9/h8-10H,3-7H2,1-2H3/t9-/m1/s1. The Hall–Kier alpha value is -0.0800. The molecule has 0 aromatic heterocycles. The second-order valence-corrected chi connectivity index (χ2v) is 3.69. The second-order valence-electron chi connectivity index (χ2n) is 3.69. The molecule has 11 heavy (non-hydrogen) atoms. The zero-order valence-corrected chi connectivity index (χ0v) is 7.60. The Morgan fingerprint density at radius 2 is 2.36 bits per heavy atom. The van der Waals surface area contributed by atoms with Crippen molar-refractivity contribution in [1.82, 2.24) is 5.32 Å². The van der Waals surface area contributed by atoms with Crippen LogP contribution in [0.25, 0.3) is 0 Å². The van der Waals surface area contributed by atoms with E-state index in [1.807, 2.05) is 0 Å². The number of nitrogens with one attached hydrogen (secondary N) is 1. The first-order valence-electron chi connectivity index (χ1n) is 4.61. The molecule has 2 heteroatoms. The summed E-state index contributed by atoms with van der Waals surface area (Å²) in [5.41, 5.74) is 0. The molecule has 0 aliphatic carbocycles. The number of hydrogen-bond donors (Lipinski definition) is 1. The quantitative estimate of drug-likeness (QED) is 0.666. The van der Waals surface area contributed by atoms with Crippen LogP contribution in [0.4, 0.5) is 0 Å². The Balaban J connectivity index is 1.94. The fourth-order valence-corrected chi connectivity index (χ4v) is 1.34. The topological polar surface area (TPSA) is 21.3 Å². The van der Waals surface area contributed by atoms with Gasteiger partial charge in [0.05, 0.1) is 6.10 Å². The summed E-state index contributed by atoms with van der Waals surface area (Å²) in [4.78, 5) is 0. The average molecular weight is 157 g/mol. The maximum Gasteiger partial charge on any atom is 0.0700 e. The first-order chi connectivity index (χ1) is 5.29. The van der Waals surface area contributed by atoms with Gasteiger partial charge in [0.1, 0.15) is 0 Å². The molecular formula is C9H19NO. The van der Waals surface area contributed by atoms with E-state index in [0.29, 0.717) is 6.10 Å². The Morgan fingerprint density at radius 3 is 2.91 bits per heavy atom. The van der Waals surface area contributed by atoms with Crippen LogP contribution in [0.5, 0.6) is 0 Å². The molecule has 0 spiro atoms. The zero-order chi connectivity index (χ0) is 8.10. The Morgan fingerprint density at radius 1 is 1.55 bits per heavy atom. The molecule has 66 valence electrons. The van der Waals surface area contributed by atoms with Gasteiger partial charge in [0.2, 0.25) is 0 Å². The van der Waals surface area contributed by atoms with E-state index in [9.17, 15) is 0 Å². The first kappa shape index (κ1) is 9.01. The van der Waals surface area contributed by atoms with Gasteiger partial charge >= 0.3 is 0 Å². The summed E-state index contributed by atoms with van der Waals surface area (Å²) in [5, 5.41) is 3.40. The minimum Gasteiger partial charge on any atom is -0.377 e. The van der Waals surface area contributed by atoms with Crippen molar-refractivity contribution in [3.8, 4) is 0 Å². The Labute approximate surface area is 69.3 Å². The molecule has 1 N–H and O–H groups in total. The summed E-state index contributed by atoms with van der Waals surface area (Å²) in [6.45, 7) is 7.57. The van der Waals surface area contributed by atoms with Crippen LogP contribution in [0, 0.1) is 5.92 Å². The Bertz CT molecular complexity index is 97.7. The zero-order valence-electron chi connectivity index (χ0n) is 7.60. The van der Waals surface area contributed by atoms with Crippen molar-refractivity contribution in [3.63, 3.8) is 0 Å². The predicted octanol–water partition coefficient (Wildman–Crippen LogP) is 1.41. The van der Waals surface area contributed by atoms with Crippen molar-refractivity contribution in [1.29, 1.82) is 0 Å². The highest BCUT2D eigenvalue weighted by atomic mass is 16.5. The normalized spacial score (nSPS) is 24.8. The van der Waals surface area contributed by atoms with E-state index in [0.717, 1.165) is 25.6 Å². The Kier molecular flexibility index (Phi) is 3.87. The van der Waals surface area contributed by atoms with Gasteiger partial charge in [-0.1, -0.05) is 13.8 Å². The van der Waals surface area contributed by atoms with Crippen molar-refractivity contribution < 1.29 is 4.74 Å². The van der Waals surface area contributed by atoms with E-state index in [-0.39, 0.29) is 0 Å². The lowest BCUT2D eigenvalue weighted by atomic mass is 10.2. The maximum atomic E-state index is 5.47. The molecule has 1 saturated heterocycles. The molecular weight excluding hydrogens is 138 g/mol. The van der Waals surface area contributed by atoms with E-state index < -0.39 is 0 Å². The molecule has 1 atom stereocenters. The van der Waals surface area contributed by atoms with E-state index >= 15 is 0 Å². The SMILES string of the molecule is CC(C)CNC[C@H]1CCCO1. The molecule has 2 nitrogen and oxygen atoms in total. The van der Waals surface area contributed by atoms with Gasteiger partial charge in [-0.3, -0.25) is 0 Å². The van der Waals surface area contributed by atoms with Crippen molar-refractivity contribution in [2.45, 2.75) is 32.8 Å². The van der Waals surface area contributed by atoms with Gasteiger partial charge in [0.25, 0.3) is 0 Å². The van der Waals surface area contributed by atoms with Crippen molar-refractivity contribution in [2.75, 3.05) is 19.7 Å². The van der Waals surface area contributed by atoms with Crippen molar-refractivity contribution >= 4 is 0 Å². The van der Waals surface area contributed by atoms with Gasteiger partial charge in [0, 0.05) is 13.2 Å². The molecule has 1 aliphatic heterocycles. The van der Waals surface area contributed by atoms with Crippen LogP contribution in [0.15, 0.2) is 0 Å². The third-order valence-electron chi connectivity index (χ3n) is 1.95. The van der Waals surface area contributed by atoms with Crippen LogP contribution in [0.3, 0.4) is 0 Å². The fraction of sp³-hybridized carbons (Fsp3) is 1.00. The second kappa shape index (κ2) is 4.73. The highest BCUT2D eigenvalue weighted by Gasteiger charge is 2.14. The third kappa shape index (κ3) is 3.73. The largest absolute Gasteiger partial charge is 0.377 e. The molecule has 1 aliphatic rings. The van der Waals surface area contributed by atoms with Crippen LogP contribution in [0.1, 0.15) is 26.7 Å². The number of ether oxygens (including phenoxy) is 1. The fourth-order valence-electron chi connectivity index (χ4n) is 1.34. The lowest BCUT2D eigenvalue weighted by Gasteiger charge is -2.11. The molecule has 1 fully saturated rings. The highest BCUT2D eigenvalue weighted by Crippen LogP contribution is 2.10. The number of hydrogen-bond acceptors (Lipinski definition) is 2. The van der Waals surface area contributed by atoms with Crippen LogP contribution >= 0.6 is 0 Å². The summed E-state index contributed by atoms with van der Waals surface area (Å²) >= 11 is 0.